The number of carbonyl (C=O) groups is 1. The third-order valence-corrected chi connectivity index (χ3v) is 3.75. The van der Waals surface area contributed by atoms with E-state index in [0.29, 0.717) is 6.04 Å². The molecule has 86 valence electrons. The Kier molecular flexibility index (Phi) is 4.86. The maximum atomic E-state index is 11.1. The largest absolute Gasteiger partial charge is 0.350 e. The van der Waals surface area contributed by atoms with Gasteiger partial charge in [0.15, 0.2) is 0 Å². The lowest BCUT2D eigenvalue weighted by atomic mass is 9.78. The van der Waals surface area contributed by atoms with Crippen molar-refractivity contribution in [1.29, 1.82) is 0 Å². The van der Waals surface area contributed by atoms with Crippen LogP contribution in [-0.2, 0) is 4.79 Å². The molecule has 0 aliphatic heterocycles. The van der Waals surface area contributed by atoms with Crippen LogP contribution in [0.15, 0.2) is 12.7 Å². The number of nitrogens with one attached hydrogen (secondary N) is 1. The molecule has 0 radical (unpaired) electrons. The van der Waals surface area contributed by atoms with Gasteiger partial charge in [0.25, 0.3) is 0 Å². The van der Waals surface area contributed by atoms with Crippen molar-refractivity contribution in [2.24, 2.45) is 11.8 Å². The van der Waals surface area contributed by atoms with E-state index in [4.69, 9.17) is 0 Å². The van der Waals surface area contributed by atoms with Crippen LogP contribution in [0.25, 0.3) is 0 Å². The molecular formula is C13H23NO. The summed E-state index contributed by atoms with van der Waals surface area (Å²) in [5.41, 5.74) is 0. The fraction of sp³-hybridized carbons (Fsp3) is 0.769. The van der Waals surface area contributed by atoms with Crippen LogP contribution in [0, 0.1) is 11.8 Å². The SMILES string of the molecule is C=CC(=O)NC1CCC(C(C)CC)CC1. The molecule has 1 aliphatic carbocycles. The molecule has 1 N–H and O–H groups in total. The molecule has 0 saturated heterocycles. The lowest BCUT2D eigenvalue weighted by Crippen LogP contribution is -2.37. The Balaban J connectivity index is 2.29. The van der Waals surface area contributed by atoms with Gasteiger partial charge in [-0.25, -0.2) is 0 Å². The predicted octanol–water partition coefficient (Wildman–Crippen LogP) is 2.89. The first-order valence-electron chi connectivity index (χ1n) is 6.10. The highest BCUT2D eigenvalue weighted by Gasteiger charge is 2.24. The van der Waals surface area contributed by atoms with E-state index < -0.39 is 0 Å². The minimum absolute atomic E-state index is 0.0259. The second kappa shape index (κ2) is 5.94. The van der Waals surface area contributed by atoms with Crippen LogP contribution in [0.3, 0.4) is 0 Å². The molecule has 1 aliphatic rings. The van der Waals surface area contributed by atoms with Gasteiger partial charge in [0.1, 0.15) is 0 Å². The molecule has 2 heteroatoms. The third kappa shape index (κ3) is 3.69. The molecule has 0 spiro atoms. The van der Waals surface area contributed by atoms with Crippen molar-refractivity contribution in [3.63, 3.8) is 0 Å². The van der Waals surface area contributed by atoms with Crippen molar-refractivity contribution < 1.29 is 4.79 Å². The summed E-state index contributed by atoms with van der Waals surface area (Å²) in [6.07, 6.45) is 7.42. The maximum Gasteiger partial charge on any atom is 0.243 e. The van der Waals surface area contributed by atoms with E-state index in [9.17, 15) is 4.79 Å². The van der Waals surface area contributed by atoms with Crippen molar-refractivity contribution in [1.82, 2.24) is 5.32 Å². The Morgan fingerprint density at radius 3 is 2.53 bits per heavy atom. The summed E-state index contributed by atoms with van der Waals surface area (Å²) >= 11 is 0. The summed E-state index contributed by atoms with van der Waals surface area (Å²) in [6, 6.07) is 0.385. The van der Waals surface area contributed by atoms with Crippen molar-refractivity contribution in [2.75, 3.05) is 0 Å². The smallest absolute Gasteiger partial charge is 0.243 e. The van der Waals surface area contributed by atoms with E-state index in [0.717, 1.165) is 24.7 Å². The summed E-state index contributed by atoms with van der Waals surface area (Å²) in [4.78, 5) is 11.1. The van der Waals surface area contributed by atoms with Gasteiger partial charge in [-0.2, -0.15) is 0 Å². The van der Waals surface area contributed by atoms with E-state index in [1.807, 2.05) is 0 Å². The fourth-order valence-corrected chi connectivity index (χ4v) is 2.43. The van der Waals surface area contributed by atoms with Crippen LogP contribution >= 0.6 is 0 Å². The minimum atomic E-state index is -0.0259. The lowest BCUT2D eigenvalue weighted by Gasteiger charge is -2.32. The van der Waals surface area contributed by atoms with Crippen molar-refractivity contribution in [2.45, 2.75) is 52.0 Å². The molecule has 1 fully saturated rings. The quantitative estimate of drug-likeness (QED) is 0.709. The zero-order chi connectivity index (χ0) is 11.3. The van der Waals surface area contributed by atoms with Gasteiger partial charge in [-0.3, -0.25) is 4.79 Å². The van der Waals surface area contributed by atoms with Gasteiger partial charge in [-0.1, -0.05) is 26.8 Å². The molecule has 1 atom stereocenters. The zero-order valence-corrected chi connectivity index (χ0v) is 9.96. The first-order chi connectivity index (χ1) is 7.17. The molecule has 0 aromatic rings. The average Bonchev–Trinajstić information content (AvgIpc) is 2.29. The first kappa shape index (κ1) is 12.3. The van der Waals surface area contributed by atoms with E-state index in [1.165, 1.54) is 25.3 Å². The Bertz CT molecular complexity index is 217. The Hall–Kier alpha value is -0.790. The molecule has 1 amide bonds. The maximum absolute atomic E-state index is 11.1. The predicted molar refractivity (Wildman–Crippen MR) is 63.5 cm³/mol. The normalized spacial score (nSPS) is 28.1. The minimum Gasteiger partial charge on any atom is -0.350 e. The summed E-state index contributed by atoms with van der Waals surface area (Å²) in [5, 5.41) is 2.99. The number of rotatable bonds is 4. The zero-order valence-electron chi connectivity index (χ0n) is 9.96. The molecule has 2 nitrogen and oxygen atoms in total. The second-order valence-electron chi connectivity index (χ2n) is 4.71. The Labute approximate surface area is 93.1 Å². The third-order valence-electron chi connectivity index (χ3n) is 3.75. The van der Waals surface area contributed by atoms with Gasteiger partial charge < -0.3 is 5.32 Å². The van der Waals surface area contributed by atoms with Gasteiger partial charge in [-0.15, -0.1) is 0 Å². The van der Waals surface area contributed by atoms with Gasteiger partial charge in [0.05, 0.1) is 0 Å². The summed E-state index contributed by atoms with van der Waals surface area (Å²) in [6.45, 7) is 8.07. The van der Waals surface area contributed by atoms with Gasteiger partial charge in [-0.05, 0) is 43.6 Å². The van der Waals surface area contributed by atoms with Crippen molar-refractivity contribution >= 4 is 5.91 Å². The topological polar surface area (TPSA) is 29.1 Å². The summed E-state index contributed by atoms with van der Waals surface area (Å²) < 4.78 is 0. The monoisotopic (exact) mass is 209 g/mol. The number of hydrogen-bond donors (Lipinski definition) is 1. The van der Waals surface area contributed by atoms with Crippen LogP contribution in [0.1, 0.15) is 46.0 Å². The number of amides is 1. The fourth-order valence-electron chi connectivity index (χ4n) is 2.43. The van der Waals surface area contributed by atoms with Crippen LogP contribution in [0.4, 0.5) is 0 Å². The molecule has 1 unspecified atom stereocenters. The van der Waals surface area contributed by atoms with E-state index in [-0.39, 0.29) is 5.91 Å². The van der Waals surface area contributed by atoms with Crippen LogP contribution in [-0.4, -0.2) is 11.9 Å². The molecule has 15 heavy (non-hydrogen) atoms. The summed E-state index contributed by atoms with van der Waals surface area (Å²) in [5.74, 6) is 1.68. The lowest BCUT2D eigenvalue weighted by molar-refractivity contribution is -0.117. The molecule has 0 heterocycles. The van der Waals surface area contributed by atoms with E-state index in [2.05, 4.69) is 25.7 Å². The highest BCUT2D eigenvalue weighted by atomic mass is 16.1. The van der Waals surface area contributed by atoms with Gasteiger partial charge in [0.2, 0.25) is 5.91 Å². The molecule has 0 aromatic carbocycles. The Morgan fingerprint density at radius 1 is 1.47 bits per heavy atom. The second-order valence-corrected chi connectivity index (χ2v) is 4.71. The van der Waals surface area contributed by atoms with Crippen molar-refractivity contribution in [3.8, 4) is 0 Å². The number of hydrogen-bond acceptors (Lipinski definition) is 1. The molecule has 0 aromatic heterocycles. The number of carbonyl (C=O) groups excluding carboxylic acids is 1. The highest BCUT2D eigenvalue weighted by molar-refractivity contribution is 5.87. The molecule has 0 bridgehead atoms. The molecular weight excluding hydrogens is 186 g/mol. The average molecular weight is 209 g/mol. The van der Waals surface area contributed by atoms with E-state index >= 15 is 0 Å². The first-order valence-corrected chi connectivity index (χ1v) is 6.10. The van der Waals surface area contributed by atoms with Gasteiger partial charge >= 0.3 is 0 Å². The van der Waals surface area contributed by atoms with Gasteiger partial charge in [0, 0.05) is 6.04 Å². The van der Waals surface area contributed by atoms with Crippen LogP contribution < -0.4 is 5.32 Å². The van der Waals surface area contributed by atoms with Crippen LogP contribution in [0.5, 0.6) is 0 Å². The molecule has 1 rings (SSSR count). The van der Waals surface area contributed by atoms with E-state index in [1.54, 1.807) is 0 Å². The van der Waals surface area contributed by atoms with Crippen molar-refractivity contribution in [3.05, 3.63) is 12.7 Å². The standard InChI is InChI=1S/C13H23NO/c1-4-10(3)11-6-8-12(9-7-11)14-13(15)5-2/h5,10-12H,2,4,6-9H2,1,3H3,(H,14,15). The van der Waals surface area contributed by atoms with Crippen LogP contribution in [0.2, 0.25) is 0 Å². The highest BCUT2D eigenvalue weighted by Crippen LogP contribution is 2.31. The molecule has 1 saturated carbocycles. The summed E-state index contributed by atoms with van der Waals surface area (Å²) in [7, 11) is 0. The Morgan fingerprint density at radius 2 is 2.07 bits per heavy atom.